The van der Waals surface area contributed by atoms with Gasteiger partial charge in [0.1, 0.15) is 17.9 Å². The molecule has 0 aliphatic carbocycles. The van der Waals surface area contributed by atoms with Gasteiger partial charge in [0.15, 0.2) is 5.60 Å². The highest BCUT2D eigenvalue weighted by atomic mass is 35.5. The Kier molecular flexibility index (Phi) is 7.05. The van der Waals surface area contributed by atoms with Crippen LogP contribution in [0.5, 0.6) is 5.75 Å². The number of anilines is 1. The molecular weight excluding hydrogens is 438 g/mol. The van der Waals surface area contributed by atoms with Gasteiger partial charge in [-0.2, -0.15) is 0 Å². The van der Waals surface area contributed by atoms with Crippen molar-refractivity contribution in [1.29, 1.82) is 0 Å². The number of nitrogens with one attached hydrogen (secondary N) is 1. The second-order valence-corrected chi connectivity index (χ2v) is 7.73. The van der Waals surface area contributed by atoms with Gasteiger partial charge in [0, 0.05) is 33.8 Å². The van der Waals surface area contributed by atoms with Gasteiger partial charge in [0.2, 0.25) is 0 Å². The molecule has 3 aromatic rings. The smallest absolute Gasteiger partial charge is 0.411 e. The Bertz CT molecular complexity index is 1190. The normalized spacial score (nSPS) is 11.1. The molecule has 0 spiro atoms. The number of benzene rings is 2. The van der Waals surface area contributed by atoms with E-state index in [1.807, 2.05) is 0 Å². The van der Waals surface area contributed by atoms with Crippen molar-refractivity contribution in [3.05, 3.63) is 69.5 Å². The number of amides is 1. The number of fused-ring (bicyclic) bond motifs is 1. The highest BCUT2D eigenvalue weighted by molar-refractivity contribution is 6.30. The standard InChI is InChI=1S/C23H22ClNO7/c1-4-29-22(28)25-16-7-10-18-14(11-20(26)31-19(18)12-16)13-30-21(27)23(2,3)32-17-8-5-15(24)6-9-17/h5-12H,4,13H2,1-3H3,(H,25,28). The van der Waals surface area contributed by atoms with E-state index in [-0.39, 0.29) is 18.8 Å². The predicted molar refractivity (Wildman–Crippen MR) is 119 cm³/mol. The second kappa shape index (κ2) is 9.74. The highest BCUT2D eigenvalue weighted by Crippen LogP contribution is 2.24. The topological polar surface area (TPSA) is 104 Å². The van der Waals surface area contributed by atoms with Crippen LogP contribution in [0.2, 0.25) is 5.02 Å². The summed E-state index contributed by atoms with van der Waals surface area (Å²) in [5, 5.41) is 3.65. The Labute approximate surface area is 189 Å². The average molecular weight is 460 g/mol. The second-order valence-electron chi connectivity index (χ2n) is 7.29. The molecule has 0 saturated heterocycles. The van der Waals surface area contributed by atoms with Crippen molar-refractivity contribution in [3.8, 4) is 5.75 Å². The molecule has 0 saturated carbocycles. The molecule has 0 aliphatic rings. The Morgan fingerprint density at radius 3 is 2.47 bits per heavy atom. The Morgan fingerprint density at radius 1 is 1.06 bits per heavy atom. The molecule has 2 aromatic carbocycles. The zero-order valence-corrected chi connectivity index (χ0v) is 18.5. The van der Waals surface area contributed by atoms with Crippen molar-refractivity contribution < 1.29 is 28.2 Å². The van der Waals surface area contributed by atoms with E-state index in [0.29, 0.717) is 27.4 Å². The molecule has 1 amide bonds. The lowest BCUT2D eigenvalue weighted by atomic mass is 10.1. The van der Waals surface area contributed by atoms with E-state index >= 15 is 0 Å². The first-order valence-corrected chi connectivity index (χ1v) is 10.2. The van der Waals surface area contributed by atoms with Crippen molar-refractivity contribution in [2.45, 2.75) is 33.0 Å². The summed E-state index contributed by atoms with van der Waals surface area (Å²) in [7, 11) is 0. The van der Waals surface area contributed by atoms with Gasteiger partial charge < -0.3 is 18.6 Å². The van der Waals surface area contributed by atoms with Gasteiger partial charge in [-0.25, -0.2) is 14.4 Å². The number of carbonyl (C=O) groups is 2. The van der Waals surface area contributed by atoms with Gasteiger partial charge in [-0.3, -0.25) is 5.32 Å². The van der Waals surface area contributed by atoms with Crippen LogP contribution in [0.25, 0.3) is 11.0 Å². The SMILES string of the molecule is CCOC(=O)Nc1ccc2c(COC(=O)C(C)(C)Oc3ccc(Cl)cc3)cc(=O)oc2c1. The molecule has 1 aromatic heterocycles. The summed E-state index contributed by atoms with van der Waals surface area (Å²) < 4.78 is 21.2. The molecule has 0 bridgehead atoms. The van der Waals surface area contributed by atoms with Gasteiger partial charge in [-0.15, -0.1) is 0 Å². The zero-order valence-electron chi connectivity index (χ0n) is 17.8. The average Bonchev–Trinajstić information content (AvgIpc) is 2.73. The number of esters is 1. The van der Waals surface area contributed by atoms with E-state index < -0.39 is 23.3 Å². The molecule has 8 nitrogen and oxygen atoms in total. The van der Waals surface area contributed by atoms with Crippen molar-refractivity contribution in [1.82, 2.24) is 0 Å². The Hall–Kier alpha value is -3.52. The Balaban J connectivity index is 1.74. The van der Waals surface area contributed by atoms with Crippen molar-refractivity contribution in [2.24, 2.45) is 0 Å². The fraction of sp³-hybridized carbons (Fsp3) is 0.261. The maximum Gasteiger partial charge on any atom is 0.411 e. The molecule has 0 atom stereocenters. The van der Waals surface area contributed by atoms with Gasteiger partial charge >= 0.3 is 17.7 Å². The summed E-state index contributed by atoms with van der Waals surface area (Å²) in [5.41, 5.74) is -0.817. The first kappa shape index (κ1) is 23.1. The first-order chi connectivity index (χ1) is 15.2. The van der Waals surface area contributed by atoms with Crippen LogP contribution in [-0.2, 0) is 20.9 Å². The summed E-state index contributed by atoms with van der Waals surface area (Å²) in [6.07, 6.45) is -0.623. The minimum atomic E-state index is -1.28. The fourth-order valence-electron chi connectivity index (χ4n) is 2.87. The summed E-state index contributed by atoms with van der Waals surface area (Å²) in [6, 6.07) is 12.6. The molecular formula is C23H22ClNO7. The van der Waals surface area contributed by atoms with Gasteiger partial charge in [0.25, 0.3) is 0 Å². The van der Waals surface area contributed by atoms with Crippen LogP contribution >= 0.6 is 11.6 Å². The van der Waals surface area contributed by atoms with Gasteiger partial charge in [0.05, 0.1) is 6.61 Å². The largest absolute Gasteiger partial charge is 0.476 e. The van der Waals surface area contributed by atoms with Crippen LogP contribution in [0, 0.1) is 0 Å². The minimum Gasteiger partial charge on any atom is -0.476 e. The van der Waals surface area contributed by atoms with E-state index in [1.54, 1.807) is 57.2 Å². The quantitative estimate of drug-likeness (QED) is 0.395. The lowest BCUT2D eigenvalue weighted by Gasteiger charge is -2.24. The third-order valence-electron chi connectivity index (χ3n) is 4.39. The maximum absolute atomic E-state index is 12.6. The molecule has 3 rings (SSSR count). The number of carbonyl (C=O) groups excluding carboxylic acids is 2. The van der Waals surface area contributed by atoms with E-state index in [0.717, 1.165) is 0 Å². The number of hydrogen-bond donors (Lipinski definition) is 1. The molecule has 32 heavy (non-hydrogen) atoms. The van der Waals surface area contributed by atoms with E-state index in [1.165, 1.54) is 12.1 Å². The molecule has 1 heterocycles. The molecule has 1 N–H and O–H groups in total. The third-order valence-corrected chi connectivity index (χ3v) is 4.64. The zero-order chi connectivity index (χ0) is 23.3. The van der Waals surface area contributed by atoms with Crippen LogP contribution in [0.4, 0.5) is 10.5 Å². The van der Waals surface area contributed by atoms with Crippen LogP contribution in [0.3, 0.4) is 0 Å². The van der Waals surface area contributed by atoms with Gasteiger partial charge in [-0.05, 0) is 57.2 Å². The Morgan fingerprint density at radius 2 is 1.78 bits per heavy atom. The molecule has 0 radical (unpaired) electrons. The highest BCUT2D eigenvalue weighted by Gasteiger charge is 2.32. The lowest BCUT2D eigenvalue weighted by Crippen LogP contribution is -2.39. The summed E-state index contributed by atoms with van der Waals surface area (Å²) in [6.45, 7) is 4.90. The maximum atomic E-state index is 12.6. The van der Waals surface area contributed by atoms with Crippen molar-refractivity contribution in [3.63, 3.8) is 0 Å². The number of halogens is 1. The summed E-state index contributed by atoms with van der Waals surface area (Å²) in [5.74, 6) is -0.154. The molecule has 0 unspecified atom stereocenters. The minimum absolute atomic E-state index is 0.168. The molecule has 0 aliphatic heterocycles. The van der Waals surface area contributed by atoms with Gasteiger partial charge in [-0.1, -0.05) is 11.6 Å². The number of rotatable bonds is 7. The predicted octanol–water partition coefficient (Wildman–Crippen LogP) is 4.92. The van der Waals surface area contributed by atoms with E-state index in [9.17, 15) is 14.4 Å². The third kappa shape index (κ3) is 5.79. The van der Waals surface area contributed by atoms with Crippen LogP contribution < -0.4 is 15.7 Å². The molecule has 168 valence electrons. The van der Waals surface area contributed by atoms with Crippen LogP contribution in [0.1, 0.15) is 26.3 Å². The first-order valence-electron chi connectivity index (χ1n) is 9.80. The monoisotopic (exact) mass is 459 g/mol. The van der Waals surface area contributed by atoms with Crippen LogP contribution in [0.15, 0.2) is 57.7 Å². The summed E-state index contributed by atoms with van der Waals surface area (Å²) in [4.78, 5) is 36.2. The number of hydrogen-bond acceptors (Lipinski definition) is 7. The molecule has 9 heteroatoms. The van der Waals surface area contributed by atoms with Crippen molar-refractivity contribution in [2.75, 3.05) is 11.9 Å². The fourth-order valence-corrected chi connectivity index (χ4v) is 2.99. The lowest BCUT2D eigenvalue weighted by molar-refractivity contribution is -0.160. The van der Waals surface area contributed by atoms with Crippen molar-refractivity contribution >= 4 is 40.3 Å². The van der Waals surface area contributed by atoms with E-state index in [4.69, 9.17) is 30.2 Å². The molecule has 0 fully saturated rings. The van der Waals surface area contributed by atoms with Crippen LogP contribution in [-0.4, -0.2) is 24.3 Å². The van der Waals surface area contributed by atoms with E-state index in [2.05, 4.69) is 5.32 Å². The summed E-state index contributed by atoms with van der Waals surface area (Å²) >= 11 is 5.86. The number of ether oxygens (including phenoxy) is 3.